The fraction of sp³-hybridized carbons (Fsp3) is 0.462. The molecule has 0 aromatic heterocycles. The summed E-state index contributed by atoms with van der Waals surface area (Å²) in [6.45, 7) is 4.91. The fourth-order valence-corrected chi connectivity index (χ4v) is 1.61. The highest BCUT2D eigenvalue weighted by Gasteiger charge is 2.13. The minimum atomic E-state index is -0.193. The average molecular weight is 271 g/mol. The van der Waals surface area contributed by atoms with Crippen LogP contribution in [0.5, 0.6) is 5.75 Å². The normalized spacial score (nSPS) is 10.5. The van der Waals surface area contributed by atoms with Crippen molar-refractivity contribution in [3.05, 3.63) is 28.8 Å². The SMILES string of the molecule is CC(C)Oc1ccc(Cl)cc1C(=O)NCCCN. The summed E-state index contributed by atoms with van der Waals surface area (Å²) in [4.78, 5) is 12.0. The summed E-state index contributed by atoms with van der Waals surface area (Å²) in [7, 11) is 0. The van der Waals surface area contributed by atoms with Crippen LogP contribution in [0.15, 0.2) is 18.2 Å². The first-order valence-electron chi connectivity index (χ1n) is 5.99. The van der Waals surface area contributed by atoms with Crippen molar-refractivity contribution in [2.24, 2.45) is 5.73 Å². The summed E-state index contributed by atoms with van der Waals surface area (Å²) < 4.78 is 5.58. The molecule has 0 bridgehead atoms. The minimum Gasteiger partial charge on any atom is -0.490 e. The Kier molecular flexibility index (Phi) is 5.95. The van der Waals surface area contributed by atoms with E-state index in [-0.39, 0.29) is 12.0 Å². The van der Waals surface area contributed by atoms with Crippen molar-refractivity contribution < 1.29 is 9.53 Å². The molecule has 1 amide bonds. The quantitative estimate of drug-likeness (QED) is 0.779. The lowest BCUT2D eigenvalue weighted by molar-refractivity contribution is 0.0947. The highest BCUT2D eigenvalue weighted by atomic mass is 35.5. The molecule has 1 rings (SSSR count). The second kappa shape index (κ2) is 7.24. The molecule has 0 heterocycles. The molecule has 0 aliphatic rings. The molecule has 0 spiro atoms. The standard InChI is InChI=1S/C13H19ClN2O2/c1-9(2)18-12-5-4-10(14)8-11(12)13(17)16-7-3-6-15/h4-5,8-9H,3,6-7,15H2,1-2H3,(H,16,17). The number of rotatable bonds is 6. The van der Waals surface area contributed by atoms with Crippen LogP contribution in [0.1, 0.15) is 30.6 Å². The third kappa shape index (κ3) is 4.55. The van der Waals surface area contributed by atoms with Gasteiger partial charge in [-0.3, -0.25) is 4.79 Å². The van der Waals surface area contributed by atoms with Gasteiger partial charge in [-0.25, -0.2) is 0 Å². The Morgan fingerprint density at radius 1 is 1.50 bits per heavy atom. The second-order valence-electron chi connectivity index (χ2n) is 4.21. The molecule has 1 aromatic rings. The summed E-state index contributed by atoms with van der Waals surface area (Å²) in [5.74, 6) is 0.348. The molecule has 100 valence electrons. The first-order chi connectivity index (χ1) is 8.54. The predicted molar refractivity (Wildman–Crippen MR) is 73.2 cm³/mol. The Morgan fingerprint density at radius 3 is 2.83 bits per heavy atom. The van der Waals surface area contributed by atoms with Gasteiger partial charge in [0, 0.05) is 11.6 Å². The lowest BCUT2D eigenvalue weighted by Crippen LogP contribution is -2.26. The number of nitrogens with one attached hydrogen (secondary N) is 1. The Morgan fingerprint density at radius 2 is 2.22 bits per heavy atom. The van der Waals surface area contributed by atoms with E-state index in [4.69, 9.17) is 22.1 Å². The number of amides is 1. The highest BCUT2D eigenvalue weighted by molar-refractivity contribution is 6.31. The summed E-state index contributed by atoms with van der Waals surface area (Å²) in [5.41, 5.74) is 5.83. The molecule has 1 aromatic carbocycles. The fourth-order valence-electron chi connectivity index (χ4n) is 1.44. The van der Waals surface area contributed by atoms with Gasteiger partial charge in [0.1, 0.15) is 5.75 Å². The summed E-state index contributed by atoms with van der Waals surface area (Å²) >= 11 is 5.90. The zero-order chi connectivity index (χ0) is 13.5. The maximum Gasteiger partial charge on any atom is 0.255 e. The smallest absolute Gasteiger partial charge is 0.255 e. The average Bonchev–Trinajstić information content (AvgIpc) is 2.31. The van der Waals surface area contributed by atoms with Gasteiger partial charge >= 0.3 is 0 Å². The summed E-state index contributed by atoms with van der Waals surface area (Å²) in [6, 6.07) is 5.02. The van der Waals surface area contributed by atoms with Gasteiger partial charge < -0.3 is 15.8 Å². The molecule has 5 heteroatoms. The molecule has 3 N–H and O–H groups in total. The van der Waals surface area contributed by atoms with E-state index in [1.165, 1.54) is 0 Å². The third-order valence-corrected chi connectivity index (χ3v) is 2.45. The monoisotopic (exact) mass is 270 g/mol. The van der Waals surface area contributed by atoms with Crippen molar-refractivity contribution in [1.82, 2.24) is 5.32 Å². The maximum absolute atomic E-state index is 12.0. The van der Waals surface area contributed by atoms with Crippen LogP contribution in [0.4, 0.5) is 0 Å². The molecule has 0 atom stereocenters. The van der Waals surface area contributed by atoms with E-state index >= 15 is 0 Å². The Labute approximate surface area is 112 Å². The van der Waals surface area contributed by atoms with Crippen molar-refractivity contribution in [3.63, 3.8) is 0 Å². The van der Waals surface area contributed by atoms with Gasteiger partial charge in [-0.05, 0) is 45.0 Å². The van der Waals surface area contributed by atoms with Crippen LogP contribution in [0, 0.1) is 0 Å². The minimum absolute atomic E-state index is 0.00164. The number of hydrogen-bond acceptors (Lipinski definition) is 3. The molecular formula is C13H19ClN2O2. The number of carbonyl (C=O) groups excluding carboxylic acids is 1. The highest BCUT2D eigenvalue weighted by Crippen LogP contribution is 2.23. The maximum atomic E-state index is 12.0. The van der Waals surface area contributed by atoms with E-state index in [2.05, 4.69) is 5.32 Å². The van der Waals surface area contributed by atoms with Crippen LogP contribution in [-0.4, -0.2) is 25.1 Å². The molecule has 0 radical (unpaired) electrons. The Hall–Kier alpha value is -1.26. The molecule has 4 nitrogen and oxygen atoms in total. The van der Waals surface area contributed by atoms with Gasteiger partial charge in [-0.1, -0.05) is 11.6 Å². The van der Waals surface area contributed by atoms with E-state index < -0.39 is 0 Å². The van der Waals surface area contributed by atoms with Crippen molar-refractivity contribution in [2.75, 3.05) is 13.1 Å². The van der Waals surface area contributed by atoms with E-state index in [1.54, 1.807) is 18.2 Å². The number of ether oxygens (including phenoxy) is 1. The Bertz CT molecular complexity index is 408. The molecule has 0 unspecified atom stereocenters. The van der Waals surface area contributed by atoms with Gasteiger partial charge in [0.25, 0.3) is 5.91 Å². The van der Waals surface area contributed by atoms with Crippen molar-refractivity contribution in [2.45, 2.75) is 26.4 Å². The molecular weight excluding hydrogens is 252 g/mol. The van der Waals surface area contributed by atoms with Crippen molar-refractivity contribution >= 4 is 17.5 Å². The van der Waals surface area contributed by atoms with Gasteiger partial charge in [0.2, 0.25) is 0 Å². The number of benzene rings is 1. The van der Waals surface area contributed by atoms with E-state index in [0.29, 0.717) is 29.4 Å². The zero-order valence-corrected chi connectivity index (χ0v) is 11.5. The van der Waals surface area contributed by atoms with Gasteiger partial charge in [-0.15, -0.1) is 0 Å². The molecule has 0 fully saturated rings. The first kappa shape index (κ1) is 14.8. The topological polar surface area (TPSA) is 64.3 Å². The molecule has 0 aliphatic carbocycles. The molecule has 0 saturated heterocycles. The van der Waals surface area contributed by atoms with Crippen LogP contribution >= 0.6 is 11.6 Å². The molecule has 18 heavy (non-hydrogen) atoms. The van der Waals surface area contributed by atoms with E-state index in [1.807, 2.05) is 13.8 Å². The van der Waals surface area contributed by atoms with Gasteiger partial charge in [-0.2, -0.15) is 0 Å². The number of carbonyl (C=O) groups is 1. The Balaban J connectivity index is 2.83. The van der Waals surface area contributed by atoms with Crippen LogP contribution in [0.3, 0.4) is 0 Å². The van der Waals surface area contributed by atoms with Crippen molar-refractivity contribution in [3.8, 4) is 5.75 Å². The summed E-state index contributed by atoms with van der Waals surface area (Å²) in [6.07, 6.45) is 0.744. The van der Waals surface area contributed by atoms with Crippen LogP contribution < -0.4 is 15.8 Å². The third-order valence-electron chi connectivity index (χ3n) is 2.22. The predicted octanol–water partition coefficient (Wildman–Crippen LogP) is 2.21. The van der Waals surface area contributed by atoms with E-state index in [9.17, 15) is 4.79 Å². The zero-order valence-electron chi connectivity index (χ0n) is 10.7. The molecule has 0 saturated carbocycles. The lowest BCUT2D eigenvalue weighted by atomic mass is 10.2. The summed E-state index contributed by atoms with van der Waals surface area (Å²) in [5, 5.41) is 3.29. The first-order valence-corrected chi connectivity index (χ1v) is 6.37. The number of halogens is 1. The van der Waals surface area contributed by atoms with E-state index in [0.717, 1.165) is 6.42 Å². The van der Waals surface area contributed by atoms with Gasteiger partial charge in [0.15, 0.2) is 0 Å². The van der Waals surface area contributed by atoms with Gasteiger partial charge in [0.05, 0.1) is 11.7 Å². The second-order valence-corrected chi connectivity index (χ2v) is 4.64. The molecule has 0 aliphatic heterocycles. The van der Waals surface area contributed by atoms with Crippen LogP contribution in [0.25, 0.3) is 0 Å². The van der Waals surface area contributed by atoms with Crippen LogP contribution in [-0.2, 0) is 0 Å². The number of nitrogens with two attached hydrogens (primary N) is 1. The van der Waals surface area contributed by atoms with Crippen LogP contribution in [0.2, 0.25) is 5.02 Å². The van der Waals surface area contributed by atoms with Crippen molar-refractivity contribution in [1.29, 1.82) is 0 Å². The lowest BCUT2D eigenvalue weighted by Gasteiger charge is -2.14. The number of hydrogen-bond donors (Lipinski definition) is 2. The largest absolute Gasteiger partial charge is 0.490 e.